The molecule has 0 aliphatic heterocycles. The number of fused-ring (bicyclic) bond motifs is 1. The molecular formula is C14H11N3O. The van der Waals surface area contributed by atoms with Gasteiger partial charge in [0.05, 0.1) is 17.3 Å². The zero-order valence-electron chi connectivity index (χ0n) is 9.58. The molecule has 1 heterocycles. The lowest BCUT2D eigenvalue weighted by atomic mass is 10.1. The summed E-state index contributed by atoms with van der Waals surface area (Å²) in [7, 11) is 0. The molecule has 0 amide bonds. The van der Waals surface area contributed by atoms with Gasteiger partial charge in [-0.15, -0.1) is 0 Å². The van der Waals surface area contributed by atoms with Crippen LogP contribution < -0.4 is 5.73 Å². The van der Waals surface area contributed by atoms with Crippen LogP contribution in [0.5, 0.6) is 0 Å². The number of rotatable bonds is 1. The van der Waals surface area contributed by atoms with Gasteiger partial charge in [0.2, 0.25) is 0 Å². The number of aromatic nitrogens is 2. The maximum atomic E-state index is 12.4. The smallest absolute Gasteiger partial charge is 0.280 e. The molecule has 88 valence electrons. The van der Waals surface area contributed by atoms with Gasteiger partial charge in [0.25, 0.3) is 5.91 Å². The molecule has 0 aliphatic carbocycles. The SMILES string of the molecule is Nc1ccccc1C(=O)n1ncc2ccccc21. The summed E-state index contributed by atoms with van der Waals surface area (Å²) in [5.41, 5.74) is 7.52. The fourth-order valence-electron chi connectivity index (χ4n) is 1.94. The topological polar surface area (TPSA) is 60.9 Å². The van der Waals surface area contributed by atoms with Gasteiger partial charge < -0.3 is 5.73 Å². The number of nitrogens with zero attached hydrogens (tertiary/aromatic N) is 2. The largest absolute Gasteiger partial charge is 0.398 e. The first-order valence-electron chi connectivity index (χ1n) is 5.59. The van der Waals surface area contributed by atoms with Crippen molar-refractivity contribution in [3.63, 3.8) is 0 Å². The lowest BCUT2D eigenvalue weighted by molar-refractivity contribution is 0.0951. The van der Waals surface area contributed by atoms with Gasteiger partial charge in [0.1, 0.15) is 0 Å². The molecule has 4 heteroatoms. The molecule has 0 atom stereocenters. The van der Waals surface area contributed by atoms with Gasteiger partial charge in [-0.05, 0) is 18.2 Å². The van der Waals surface area contributed by atoms with E-state index in [9.17, 15) is 4.79 Å². The Balaban J connectivity index is 2.16. The van der Waals surface area contributed by atoms with Crippen LogP contribution >= 0.6 is 0 Å². The quantitative estimate of drug-likeness (QED) is 0.660. The van der Waals surface area contributed by atoms with Crippen LogP contribution in [-0.2, 0) is 0 Å². The lowest BCUT2D eigenvalue weighted by Gasteiger charge is -2.05. The van der Waals surface area contributed by atoms with Gasteiger partial charge in [-0.1, -0.05) is 30.3 Å². The van der Waals surface area contributed by atoms with Crippen molar-refractivity contribution in [2.45, 2.75) is 0 Å². The number of benzene rings is 2. The van der Waals surface area contributed by atoms with E-state index in [1.807, 2.05) is 24.3 Å². The highest BCUT2D eigenvalue weighted by Gasteiger charge is 2.14. The second-order valence-corrected chi connectivity index (χ2v) is 4.01. The maximum absolute atomic E-state index is 12.4. The summed E-state index contributed by atoms with van der Waals surface area (Å²) in [6.45, 7) is 0. The lowest BCUT2D eigenvalue weighted by Crippen LogP contribution is -2.15. The molecule has 0 spiro atoms. The molecule has 3 aromatic rings. The van der Waals surface area contributed by atoms with Crippen molar-refractivity contribution in [1.82, 2.24) is 9.78 Å². The van der Waals surface area contributed by atoms with Crippen LogP contribution in [0.3, 0.4) is 0 Å². The summed E-state index contributed by atoms with van der Waals surface area (Å²) in [6, 6.07) is 14.6. The number of nitrogens with two attached hydrogens (primary N) is 1. The molecule has 2 aromatic carbocycles. The van der Waals surface area contributed by atoms with Crippen molar-refractivity contribution in [1.29, 1.82) is 0 Å². The third-order valence-electron chi connectivity index (χ3n) is 2.86. The molecule has 1 aromatic heterocycles. The minimum absolute atomic E-state index is 0.214. The van der Waals surface area contributed by atoms with Crippen LogP contribution in [-0.4, -0.2) is 15.7 Å². The molecule has 18 heavy (non-hydrogen) atoms. The van der Waals surface area contributed by atoms with E-state index in [0.717, 1.165) is 10.9 Å². The third-order valence-corrected chi connectivity index (χ3v) is 2.86. The third kappa shape index (κ3) is 1.55. The van der Waals surface area contributed by atoms with Crippen LogP contribution in [0.1, 0.15) is 10.4 Å². The van der Waals surface area contributed by atoms with Crippen LogP contribution in [0.4, 0.5) is 5.69 Å². The van der Waals surface area contributed by atoms with Crippen LogP contribution in [0.2, 0.25) is 0 Å². The Morgan fingerprint density at radius 2 is 1.78 bits per heavy atom. The van der Waals surface area contributed by atoms with Crippen molar-refractivity contribution in [2.24, 2.45) is 0 Å². The molecular weight excluding hydrogens is 226 g/mol. The monoisotopic (exact) mass is 237 g/mol. The zero-order valence-corrected chi connectivity index (χ0v) is 9.58. The van der Waals surface area contributed by atoms with E-state index >= 15 is 0 Å². The maximum Gasteiger partial charge on any atom is 0.280 e. The number of nitrogen functional groups attached to an aromatic ring is 1. The first-order valence-corrected chi connectivity index (χ1v) is 5.59. The average Bonchev–Trinajstić information content (AvgIpc) is 2.82. The standard InChI is InChI=1S/C14H11N3O/c15-12-7-3-2-6-11(12)14(18)17-13-8-4-1-5-10(13)9-16-17/h1-9H,15H2. The second-order valence-electron chi connectivity index (χ2n) is 4.01. The summed E-state index contributed by atoms with van der Waals surface area (Å²) < 4.78 is 1.38. The number of anilines is 1. The predicted molar refractivity (Wildman–Crippen MR) is 70.3 cm³/mol. The van der Waals surface area contributed by atoms with Crippen molar-refractivity contribution in [2.75, 3.05) is 5.73 Å². The van der Waals surface area contributed by atoms with Gasteiger partial charge in [-0.2, -0.15) is 9.78 Å². The van der Waals surface area contributed by atoms with E-state index < -0.39 is 0 Å². The number of hydrogen-bond acceptors (Lipinski definition) is 3. The summed E-state index contributed by atoms with van der Waals surface area (Å²) in [4.78, 5) is 12.4. The minimum Gasteiger partial charge on any atom is -0.398 e. The van der Waals surface area contributed by atoms with Gasteiger partial charge in [-0.3, -0.25) is 4.79 Å². The minimum atomic E-state index is -0.214. The molecule has 4 nitrogen and oxygen atoms in total. The molecule has 0 unspecified atom stereocenters. The summed E-state index contributed by atoms with van der Waals surface area (Å²) in [5.74, 6) is -0.214. The van der Waals surface area contributed by atoms with Gasteiger partial charge in [0, 0.05) is 11.1 Å². The van der Waals surface area contributed by atoms with E-state index in [2.05, 4.69) is 5.10 Å². The van der Waals surface area contributed by atoms with Crippen molar-refractivity contribution in [3.8, 4) is 0 Å². The predicted octanol–water partition coefficient (Wildman–Crippen LogP) is 2.31. The van der Waals surface area contributed by atoms with Gasteiger partial charge in [0.15, 0.2) is 0 Å². The van der Waals surface area contributed by atoms with Crippen LogP contribution in [0.15, 0.2) is 54.7 Å². The molecule has 0 saturated carbocycles. The molecule has 0 saturated heterocycles. The summed E-state index contributed by atoms with van der Waals surface area (Å²) >= 11 is 0. The van der Waals surface area contributed by atoms with Gasteiger partial charge >= 0.3 is 0 Å². The average molecular weight is 237 g/mol. The molecule has 3 rings (SSSR count). The molecule has 0 aliphatic rings. The normalized spacial score (nSPS) is 10.7. The van der Waals surface area contributed by atoms with E-state index in [4.69, 9.17) is 5.73 Å². The Labute approximate surface area is 104 Å². The van der Waals surface area contributed by atoms with E-state index in [1.165, 1.54) is 4.68 Å². The highest BCUT2D eigenvalue weighted by molar-refractivity contribution is 6.04. The number of hydrogen-bond donors (Lipinski definition) is 1. The Hall–Kier alpha value is -2.62. The van der Waals surface area contributed by atoms with Crippen LogP contribution in [0, 0.1) is 0 Å². The summed E-state index contributed by atoms with van der Waals surface area (Å²) in [6.07, 6.45) is 1.67. The van der Waals surface area contributed by atoms with Crippen molar-refractivity contribution >= 4 is 22.5 Å². The fraction of sp³-hybridized carbons (Fsp3) is 0. The Morgan fingerprint density at radius 1 is 1.06 bits per heavy atom. The highest BCUT2D eigenvalue weighted by Crippen LogP contribution is 2.17. The van der Waals surface area contributed by atoms with Crippen molar-refractivity contribution < 1.29 is 4.79 Å². The highest BCUT2D eigenvalue weighted by atomic mass is 16.2. The molecule has 0 radical (unpaired) electrons. The first kappa shape index (κ1) is 10.5. The molecule has 2 N–H and O–H groups in total. The first-order chi connectivity index (χ1) is 8.77. The molecule has 0 fully saturated rings. The van der Waals surface area contributed by atoms with E-state index in [-0.39, 0.29) is 5.91 Å². The second kappa shape index (κ2) is 4.00. The van der Waals surface area contributed by atoms with E-state index in [1.54, 1.807) is 30.5 Å². The molecule has 0 bridgehead atoms. The van der Waals surface area contributed by atoms with Gasteiger partial charge in [-0.25, -0.2) is 0 Å². The fourth-order valence-corrected chi connectivity index (χ4v) is 1.94. The number of carbonyl (C=O) groups is 1. The summed E-state index contributed by atoms with van der Waals surface area (Å²) in [5, 5.41) is 5.06. The zero-order chi connectivity index (χ0) is 12.5. The Morgan fingerprint density at radius 3 is 2.61 bits per heavy atom. The number of para-hydroxylation sites is 2. The van der Waals surface area contributed by atoms with E-state index in [0.29, 0.717) is 11.3 Å². The number of carbonyl (C=O) groups excluding carboxylic acids is 1. The Kier molecular flexibility index (Phi) is 2.34. The Bertz CT molecular complexity index is 730. The van der Waals surface area contributed by atoms with Crippen molar-refractivity contribution in [3.05, 3.63) is 60.3 Å². The van der Waals surface area contributed by atoms with Crippen LogP contribution in [0.25, 0.3) is 10.9 Å².